The van der Waals surface area contributed by atoms with Crippen LogP contribution >= 0.6 is 0 Å². The minimum atomic E-state index is -1.45. The second-order valence-corrected chi connectivity index (χ2v) is 15.0. The average Bonchev–Trinajstić information content (AvgIpc) is 3.76. The maximum Gasteiger partial charge on any atom is 0.327 e. The quantitative estimate of drug-likeness (QED) is 0.168. The molecule has 4 fully saturated rings. The number of aliphatic hydroxyl groups is 2. The lowest BCUT2D eigenvalue weighted by atomic mass is 9.62. The molecular weight excluding hydrogens is 660 g/mol. The molecule has 13 nitrogen and oxygen atoms in total. The van der Waals surface area contributed by atoms with Gasteiger partial charge in [-0.15, -0.1) is 0 Å². The van der Waals surface area contributed by atoms with Gasteiger partial charge in [0.2, 0.25) is 5.91 Å². The van der Waals surface area contributed by atoms with Crippen molar-refractivity contribution < 1.29 is 53.1 Å². The summed E-state index contributed by atoms with van der Waals surface area (Å²) in [4.78, 5) is 47.9. The summed E-state index contributed by atoms with van der Waals surface area (Å²) in [6.45, 7) is 5.12. The third kappa shape index (κ3) is 6.90. The first-order chi connectivity index (χ1) is 24.4. The van der Waals surface area contributed by atoms with Crippen molar-refractivity contribution in [2.45, 2.75) is 107 Å². The van der Waals surface area contributed by atoms with E-state index in [9.17, 15) is 19.5 Å². The highest BCUT2D eigenvalue weighted by Crippen LogP contribution is 2.58. The van der Waals surface area contributed by atoms with E-state index >= 15 is 0 Å². The average molecular weight is 707 g/mol. The first-order valence-corrected chi connectivity index (χ1v) is 17.6. The van der Waals surface area contributed by atoms with E-state index in [1.807, 2.05) is 48.5 Å². The molecule has 0 radical (unpaired) electrons. The fraction of sp³-hybridized carbons (Fsp3) is 0.553. The summed E-state index contributed by atoms with van der Waals surface area (Å²) in [6, 6.07) is 13.7. The predicted molar refractivity (Wildman–Crippen MR) is 180 cm³/mol. The fourth-order valence-electron chi connectivity index (χ4n) is 8.20. The molecule has 3 saturated heterocycles. The van der Waals surface area contributed by atoms with Crippen molar-refractivity contribution in [3.8, 4) is 0 Å². The molecule has 3 aliphatic heterocycles. The monoisotopic (exact) mass is 706 g/mol. The lowest BCUT2D eigenvalue weighted by Crippen LogP contribution is -2.70. The maximum atomic E-state index is 14.7. The number of carbonyl (C=O) groups excluding carboxylic acids is 3. The van der Waals surface area contributed by atoms with Crippen LogP contribution in [0.4, 0.5) is 0 Å². The fourth-order valence-corrected chi connectivity index (χ4v) is 8.20. The minimum Gasteiger partial charge on any atom is -0.499 e. The van der Waals surface area contributed by atoms with Gasteiger partial charge in [-0.3, -0.25) is 19.2 Å². The van der Waals surface area contributed by atoms with Crippen LogP contribution in [0.1, 0.15) is 62.3 Å². The van der Waals surface area contributed by atoms with E-state index in [2.05, 4.69) is 5.32 Å². The number of hydrogen-bond donors (Lipinski definition) is 3. The highest BCUT2D eigenvalue weighted by atomic mass is 16.8. The largest absolute Gasteiger partial charge is 0.499 e. The summed E-state index contributed by atoms with van der Waals surface area (Å²) in [6.07, 6.45) is 1.44. The molecule has 7 rings (SSSR count). The van der Waals surface area contributed by atoms with Crippen LogP contribution < -0.4 is 5.32 Å². The van der Waals surface area contributed by atoms with E-state index in [-0.39, 0.29) is 39.0 Å². The molecule has 1 spiro atoms. The third-order valence-corrected chi connectivity index (χ3v) is 10.2. The van der Waals surface area contributed by atoms with Gasteiger partial charge >= 0.3 is 11.9 Å². The number of ether oxygens (including phenoxy) is 5. The van der Waals surface area contributed by atoms with Crippen LogP contribution in [0.25, 0.3) is 6.08 Å². The highest BCUT2D eigenvalue weighted by Gasteiger charge is 2.76. The van der Waals surface area contributed by atoms with E-state index in [1.54, 1.807) is 26.8 Å². The predicted octanol–water partition coefficient (Wildman–Crippen LogP) is 2.34. The standard InChI is InChI=1S/C38H46N2O11/c1-36(2,3)48-29(43)12-11-27(22-42)39-35(45)38-20-28-30-31(50-37(49-30)18-25-9-4-5-10-26(25)19-37)33(38)51-40(32(38)34(44)47-28)21-24-8-6-7-23(17-24)13-15-46-16-14-41/h4-10,13,15,17,27-28,30-33,41-42H,11-12,14,16,18-22H2,1-3H3,(H,39,45)/t27-,28+,30-,31-,32-,33+,38-/m0/s1. The van der Waals surface area contributed by atoms with Crippen LogP contribution in [-0.4, -0.2) is 101 Å². The Morgan fingerprint density at radius 3 is 2.53 bits per heavy atom. The van der Waals surface area contributed by atoms with Crippen molar-refractivity contribution in [3.05, 3.63) is 77.0 Å². The van der Waals surface area contributed by atoms with E-state index in [1.165, 1.54) is 11.3 Å². The number of esters is 2. The number of amides is 1. The lowest BCUT2D eigenvalue weighted by molar-refractivity contribution is -0.217. The Kier molecular flexibility index (Phi) is 9.72. The second-order valence-electron chi connectivity index (χ2n) is 15.0. The molecule has 3 heterocycles. The Labute approximate surface area is 296 Å². The zero-order valence-electron chi connectivity index (χ0n) is 29.1. The summed E-state index contributed by atoms with van der Waals surface area (Å²) in [7, 11) is 0. The van der Waals surface area contributed by atoms with E-state index in [0.717, 1.165) is 22.3 Å². The number of hydroxylamine groups is 2. The van der Waals surface area contributed by atoms with Gasteiger partial charge in [0.1, 0.15) is 42.0 Å². The van der Waals surface area contributed by atoms with Gasteiger partial charge in [-0.05, 0) is 55.5 Å². The smallest absolute Gasteiger partial charge is 0.327 e. The van der Waals surface area contributed by atoms with Crippen LogP contribution in [0.3, 0.4) is 0 Å². The zero-order valence-corrected chi connectivity index (χ0v) is 29.1. The summed E-state index contributed by atoms with van der Waals surface area (Å²) < 4.78 is 30.3. The first-order valence-electron chi connectivity index (χ1n) is 17.6. The molecule has 2 aromatic rings. The number of fused-ring (bicyclic) bond motifs is 5. The van der Waals surface area contributed by atoms with Crippen molar-refractivity contribution in [2.75, 3.05) is 19.8 Å². The molecule has 274 valence electrons. The molecule has 13 heteroatoms. The normalized spacial score (nSPS) is 29.4. The molecule has 1 saturated carbocycles. The minimum absolute atomic E-state index is 0.0174. The molecule has 5 aliphatic rings. The van der Waals surface area contributed by atoms with Crippen molar-refractivity contribution in [3.63, 3.8) is 0 Å². The van der Waals surface area contributed by atoms with Gasteiger partial charge in [0, 0.05) is 25.7 Å². The zero-order chi connectivity index (χ0) is 36.0. The maximum absolute atomic E-state index is 14.7. The third-order valence-electron chi connectivity index (χ3n) is 10.2. The number of carbonyl (C=O) groups is 3. The van der Waals surface area contributed by atoms with Crippen molar-refractivity contribution >= 4 is 23.9 Å². The van der Waals surface area contributed by atoms with E-state index < -0.39 is 77.8 Å². The van der Waals surface area contributed by atoms with Gasteiger partial charge in [0.05, 0.1) is 32.1 Å². The van der Waals surface area contributed by atoms with Gasteiger partial charge < -0.3 is 39.2 Å². The van der Waals surface area contributed by atoms with Crippen LogP contribution in [0.15, 0.2) is 54.8 Å². The molecule has 51 heavy (non-hydrogen) atoms. The highest BCUT2D eigenvalue weighted by molar-refractivity contribution is 5.93. The summed E-state index contributed by atoms with van der Waals surface area (Å²) in [5, 5.41) is 23.8. The Hall–Kier alpha value is -3.85. The summed E-state index contributed by atoms with van der Waals surface area (Å²) in [5.74, 6) is -2.53. The molecular formula is C38H46N2O11. The molecule has 0 aromatic heterocycles. The van der Waals surface area contributed by atoms with Crippen LogP contribution in [0, 0.1) is 5.41 Å². The molecule has 2 bridgehead atoms. The first kappa shape index (κ1) is 35.5. The SMILES string of the molecule is CC(C)(C)OC(=O)CC[C@@H](CO)NC(=O)[C@@]12C[C@H]3OC(=O)[C@@H]1N(Cc1cccc(C=COCCO)c1)O[C@@H]2[C@H]1OC2(Cc4ccccc4C2)O[C@H]13. The van der Waals surface area contributed by atoms with E-state index in [0.29, 0.717) is 12.8 Å². The topological polar surface area (TPSA) is 162 Å². The number of nitrogens with zero attached hydrogens (tertiary/aromatic N) is 1. The lowest BCUT2D eigenvalue weighted by Gasteiger charge is -2.49. The van der Waals surface area contributed by atoms with Crippen LogP contribution in [0.5, 0.6) is 0 Å². The Morgan fingerprint density at radius 1 is 1.08 bits per heavy atom. The molecule has 2 aliphatic carbocycles. The van der Waals surface area contributed by atoms with E-state index in [4.69, 9.17) is 33.6 Å². The van der Waals surface area contributed by atoms with Crippen molar-refractivity contribution in [1.29, 1.82) is 0 Å². The second kappa shape index (κ2) is 13.9. The Morgan fingerprint density at radius 2 is 1.82 bits per heavy atom. The molecule has 0 unspecified atom stereocenters. The number of aliphatic hydroxyl groups excluding tert-OH is 2. The number of rotatable bonds is 12. The van der Waals surface area contributed by atoms with Gasteiger partial charge in [-0.25, -0.2) is 0 Å². The van der Waals surface area contributed by atoms with Crippen LogP contribution in [-0.2, 0) is 62.3 Å². The van der Waals surface area contributed by atoms with Gasteiger partial charge in [0.15, 0.2) is 11.8 Å². The van der Waals surface area contributed by atoms with Crippen molar-refractivity contribution in [2.24, 2.45) is 5.41 Å². The number of hydrogen-bond acceptors (Lipinski definition) is 12. The molecule has 2 aromatic carbocycles. The van der Waals surface area contributed by atoms with Gasteiger partial charge in [-0.1, -0.05) is 48.5 Å². The summed E-state index contributed by atoms with van der Waals surface area (Å²) in [5.41, 5.74) is 1.73. The molecule has 3 N–H and O–H groups in total. The Balaban J connectivity index is 1.18. The summed E-state index contributed by atoms with van der Waals surface area (Å²) >= 11 is 0. The number of nitrogens with one attached hydrogen (secondary N) is 1. The molecule has 7 atom stereocenters. The molecule has 1 amide bonds. The van der Waals surface area contributed by atoms with Crippen LogP contribution in [0.2, 0.25) is 0 Å². The number of benzene rings is 2. The van der Waals surface area contributed by atoms with Crippen molar-refractivity contribution in [1.82, 2.24) is 10.4 Å². The van der Waals surface area contributed by atoms with Gasteiger partial charge in [0.25, 0.3) is 0 Å². The Bertz CT molecular complexity index is 1650. The van der Waals surface area contributed by atoms with Gasteiger partial charge in [-0.2, -0.15) is 5.06 Å².